The Bertz CT molecular complexity index is 457. The lowest BCUT2D eigenvalue weighted by Crippen LogP contribution is -2.28. The molecule has 0 unspecified atom stereocenters. The standard InChI is InChI=1S/C12H14N2O/c1-2-6-11-10(5-1)12(15-14-11)9-4-3-7-13-8-9/h1-2,5-6,9,13H,3-4,7-8H2/t9-/m1/s1. The van der Waals surface area contributed by atoms with Crippen LogP contribution in [0.25, 0.3) is 10.9 Å². The van der Waals surface area contributed by atoms with Crippen molar-refractivity contribution in [2.45, 2.75) is 18.8 Å². The second-order valence-electron chi connectivity index (χ2n) is 4.11. The normalized spacial score (nSPS) is 22.0. The summed E-state index contributed by atoms with van der Waals surface area (Å²) in [6.07, 6.45) is 2.42. The summed E-state index contributed by atoms with van der Waals surface area (Å²) in [5.74, 6) is 1.55. The number of hydrogen-bond donors (Lipinski definition) is 1. The second-order valence-corrected chi connectivity index (χ2v) is 4.11. The molecule has 1 aliphatic rings. The highest BCUT2D eigenvalue weighted by molar-refractivity contribution is 5.80. The molecule has 3 heteroatoms. The van der Waals surface area contributed by atoms with Crippen molar-refractivity contribution in [1.82, 2.24) is 10.5 Å². The van der Waals surface area contributed by atoms with E-state index >= 15 is 0 Å². The van der Waals surface area contributed by atoms with Crippen molar-refractivity contribution >= 4 is 10.9 Å². The number of fused-ring (bicyclic) bond motifs is 1. The van der Waals surface area contributed by atoms with Crippen molar-refractivity contribution in [3.05, 3.63) is 30.0 Å². The Morgan fingerprint density at radius 2 is 2.27 bits per heavy atom. The minimum Gasteiger partial charge on any atom is -0.360 e. The molecule has 1 N–H and O–H groups in total. The molecule has 1 saturated heterocycles. The number of piperidine rings is 1. The van der Waals surface area contributed by atoms with Crippen LogP contribution in [0.4, 0.5) is 0 Å². The van der Waals surface area contributed by atoms with Crippen LogP contribution in [-0.4, -0.2) is 18.2 Å². The fourth-order valence-electron chi connectivity index (χ4n) is 2.28. The fraction of sp³-hybridized carbons (Fsp3) is 0.417. The monoisotopic (exact) mass is 202 g/mol. The molecule has 1 aliphatic heterocycles. The van der Waals surface area contributed by atoms with Gasteiger partial charge in [0, 0.05) is 17.8 Å². The highest BCUT2D eigenvalue weighted by atomic mass is 16.5. The molecule has 1 atom stereocenters. The Hall–Kier alpha value is -1.35. The van der Waals surface area contributed by atoms with E-state index in [1.54, 1.807) is 0 Å². The van der Waals surface area contributed by atoms with E-state index in [1.165, 1.54) is 18.2 Å². The van der Waals surface area contributed by atoms with Crippen molar-refractivity contribution in [2.24, 2.45) is 0 Å². The molecule has 2 aromatic rings. The molecule has 0 aliphatic carbocycles. The summed E-state index contributed by atoms with van der Waals surface area (Å²) in [6, 6.07) is 8.13. The Kier molecular flexibility index (Phi) is 2.18. The van der Waals surface area contributed by atoms with E-state index in [4.69, 9.17) is 4.52 Å². The number of benzene rings is 1. The lowest BCUT2D eigenvalue weighted by atomic mass is 9.95. The van der Waals surface area contributed by atoms with Crippen molar-refractivity contribution in [1.29, 1.82) is 0 Å². The molecule has 15 heavy (non-hydrogen) atoms. The van der Waals surface area contributed by atoms with Crippen LogP contribution in [0.3, 0.4) is 0 Å². The quantitative estimate of drug-likeness (QED) is 0.771. The number of aromatic nitrogens is 1. The largest absolute Gasteiger partial charge is 0.360 e. The van der Waals surface area contributed by atoms with E-state index in [0.29, 0.717) is 5.92 Å². The third-order valence-corrected chi connectivity index (χ3v) is 3.08. The Balaban J connectivity index is 2.02. The van der Waals surface area contributed by atoms with Crippen molar-refractivity contribution < 1.29 is 4.52 Å². The zero-order valence-electron chi connectivity index (χ0n) is 8.57. The van der Waals surface area contributed by atoms with Crippen LogP contribution < -0.4 is 5.32 Å². The Labute approximate surface area is 88.4 Å². The molecule has 0 radical (unpaired) electrons. The van der Waals surface area contributed by atoms with Gasteiger partial charge < -0.3 is 9.84 Å². The molecule has 0 bridgehead atoms. The van der Waals surface area contributed by atoms with Crippen LogP contribution in [0.15, 0.2) is 28.8 Å². The third kappa shape index (κ3) is 1.53. The highest BCUT2D eigenvalue weighted by Crippen LogP contribution is 2.29. The summed E-state index contributed by atoms with van der Waals surface area (Å²) < 4.78 is 5.46. The lowest BCUT2D eigenvalue weighted by Gasteiger charge is -2.20. The van der Waals surface area contributed by atoms with Crippen LogP contribution in [0.2, 0.25) is 0 Å². The lowest BCUT2D eigenvalue weighted by molar-refractivity contribution is 0.335. The van der Waals surface area contributed by atoms with E-state index in [9.17, 15) is 0 Å². The molecule has 2 heterocycles. The Morgan fingerprint density at radius 1 is 1.33 bits per heavy atom. The number of rotatable bonds is 1. The van der Waals surface area contributed by atoms with Crippen molar-refractivity contribution in [2.75, 3.05) is 13.1 Å². The van der Waals surface area contributed by atoms with Gasteiger partial charge in [0.2, 0.25) is 0 Å². The van der Waals surface area contributed by atoms with Gasteiger partial charge in [-0.15, -0.1) is 0 Å². The van der Waals surface area contributed by atoms with Gasteiger partial charge >= 0.3 is 0 Å². The molecular formula is C12H14N2O. The van der Waals surface area contributed by atoms with Crippen molar-refractivity contribution in [3.63, 3.8) is 0 Å². The first kappa shape index (κ1) is 8.92. The summed E-state index contributed by atoms with van der Waals surface area (Å²) in [6.45, 7) is 2.14. The van der Waals surface area contributed by atoms with Gasteiger partial charge in [0.25, 0.3) is 0 Å². The van der Waals surface area contributed by atoms with Crippen LogP contribution in [-0.2, 0) is 0 Å². The van der Waals surface area contributed by atoms with Gasteiger partial charge in [0.05, 0.1) is 0 Å². The average Bonchev–Trinajstić information content (AvgIpc) is 2.74. The second kappa shape index (κ2) is 3.66. The van der Waals surface area contributed by atoms with Gasteiger partial charge in [0.15, 0.2) is 0 Å². The zero-order valence-corrected chi connectivity index (χ0v) is 8.57. The summed E-state index contributed by atoms with van der Waals surface area (Å²) in [5, 5.41) is 8.66. The van der Waals surface area contributed by atoms with Crippen LogP contribution >= 0.6 is 0 Å². The van der Waals surface area contributed by atoms with Gasteiger partial charge in [-0.2, -0.15) is 0 Å². The van der Waals surface area contributed by atoms with Gasteiger partial charge in [-0.1, -0.05) is 17.3 Å². The Morgan fingerprint density at radius 3 is 3.13 bits per heavy atom. The predicted octanol–water partition coefficient (Wildman–Crippen LogP) is 2.29. The molecule has 1 fully saturated rings. The molecule has 3 nitrogen and oxygen atoms in total. The summed E-state index contributed by atoms with van der Waals surface area (Å²) in [4.78, 5) is 0. The average molecular weight is 202 g/mol. The third-order valence-electron chi connectivity index (χ3n) is 3.08. The molecule has 1 aromatic carbocycles. The highest BCUT2D eigenvalue weighted by Gasteiger charge is 2.21. The molecular weight excluding hydrogens is 188 g/mol. The summed E-state index contributed by atoms with van der Waals surface area (Å²) in [7, 11) is 0. The first-order chi connectivity index (χ1) is 7.45. The molecule has 0 amide bonds. The van der Waals surface area contributed by atoms with Crippen molar-refractivity contribution in [3.8, 4) is 0 Å². The van der Waals surface area contributed by atoms with E-state index in [-0.39, 0.29) is 0 Å². The van der Waals surface area contributed by atoms with Gasteiger partial charge in [-0.05, 0) is 31.5 Å². The van der Waals surface area contributed by atoms with Gasteiger partial charge in [-0.3, -0.25) is 0 Å². The van der Waals surface area contributed by atoms with E-state index in [1.807, 2.05) is 18.2 Å². The summed E-state index contributed by atoms with van der Waals surface area (Å²) >= 11 is 0. The van der Waals surface area contributed by atoms with E-state index in [0.717, 1.165) is 24.4 Å². The predicted molar refractivity (Wildman–Crippen MR) is 58.9 cm³/mol. The first-order valence-electron chi connectivity index (χ1n) is 5.50. The van der Waals surface area contributed by atoms with Crippen LogP contribution in [0.5, 0.6) is 0 Å². The number of nitrogens with zero attached hydrogens (tertiary/aromatic N) is 1. The summed E-state index contributed by atoms with van der Waals surface area (Å²) in [5.41, 5.74) is 0.970. The SMILES string of the molecule is c1ccc2c([C@@H]3CCCNC3)onc2c1. The maximum atomic E-state index is 5.46. The maximum Gasteiger partial charge on any atom is 0.148 e. The topological polar surface area (TPSA) is 38.1 Å². The van der Waals surface area contributed by atoms with Crippen LogP contribution in [0.1, 0.15) is 24.5 Å². The molecule has 0 spiro atoms. The van der Waals surface area contributed by atoms with Gasteiger partial charge in [0.1, 0.15) is 11.3 Å². The first-order valence-corrected chi connectivity index (χ1v) is 5.50. The van der Waals surface area contributed by atoms with E-state index in [2.05, 4.69) is 16.5 Å². The zero-order chi connectivity index (χ0) is 10.1. The maximum absolute atomic E-state index is 5.46. The van der Waals surface area contributed by atoms with Crippen LogP contribution in [0, 0.1) is 0 Å². The number of hydrogen-bond acceptors (Lipinski definition) is 3. The smallest absolute Gasteiger partial charge is 0.148 e. The molecule has 0 saturated carbocycles. The molecule has 3 rings (SSSR count). The number of nitrogens with one attached hydrogen (secondary N) is 1. The molecule has 78 valence electrons. The van der Waals surface area contributed by atoms with Gasteiger partial charge in [-0.25, -0.2) is 0 Å². The molecule has 1 aromatic heterocycles. The minimum absolute atomic E-state index is 0.492. The minimum atomic E-state index is 0.492. The van der Waals surface area contributed by atoms with E-state index < -0.39 is 0 Å². The fourth-order valence-corrected chi connectivity index (χ4v) is 2.28.